The average Bonchev–Trinajstić information content (AvgIpc) is 3.27. The van der Waals surface area contributed by atoms with Crippen molar-refractivity contribution in [1.29, 1.82) is 0 Å². The summed E-state index contributed by atoms with van der Waals surface area (Å²) in [7, 11) is 1.53. The molecule has 7 nitrogen and oxygen atoms in total. The number of hydrogen-bond donors (Lipinski definition) is 0. The molecule has 0 aliphatic carbocycles. The lowest BCUT2D eigenvalue weighted by Crippen LogP contribution is -2.48. The van der Waals surface area contributed by atoms with Gasteiger partial charge in [-0.15, -0.1) is 0 Å². The van der Waals surface area contributed by atoms with Gasteiger partial charge in [-0.3, -0.25) is 14.6 Å². The summed E-state index contributed by atoms with van der Waals surface area (Å²) in [6, 6.07) is 19.5. The van der Waals surface area contributed by atoms with Gasteiger partial charge in [0.25, 0.3) is 5.91 Å². The minimum atomic E-state index is -0.630. The number of hydrogen-bond acceptors (Lipinski definition) is 5. The highest BCUT2D eigenvalue weighted by atomic mass is 16.5. The Labute approximate surface area is 186 Å². The van der Waals surface area contributed by atoms with Crippen LogP contribution in [0.2, 0.25) is 0 Å². The molecule has 1 aromatic heterocycles. The van der Waals surface area contributed by atoms with Crippen molar-refractivity contribution in [1.82, 2.24) is 9.88 Å². The number of methoxy groups -OCH3 is 1. The Morgan fingerprint density at radius 2 is 1.88 bits per heavy atom. The third-order valence-corrected chi connectivity index (χ3v) is 5.91. The fourth-order valence-electron chi connectivity index (χ4n) is 4.39. The number of para-hydroxylation sites is 3. The van der Waals surface area contributed by atoms with Crippen LogP contribution in [-0.4, -0.2) is 47.5 Å². The summed E-state index contributed by atoms with van der Waals surface area (Å²) >= 11 is 0. The van der Waals surface area contributed by atoms with Crippen molar-refractivity contribution in [3.63, 3.8) is 0 Å². The molecule has 0 spiro atoms. The van der Waals surface area contributed by atoms with Gasteiger partial charge < -0.3 is 19.3 Å². The molecular weight excluding hydrogens is 406 g/mol. The van der Waals surface area contributed by atoms with Crippen molar-refractivity contribution >= 4 is 17.5 Å². The number of rotatable bonds is 4. The summed E-state index contributed by atoms with van der Waals surface area (Å²) in [6.07, 6.45) is 1.88. The van der Waals surface area contributed by atoms with Crippen LogP contribution in [0.3, 0.4) is 0 Å². The molecule has 0 N–H and O–H groups in total. The van der Waals surface area contributed by atoms with Crippen LogP contribution in [0, 0.1) is 0 Å². The van der Waals surface area contributed by atoms with Gasteiger partial charge in [0, 0.05) is 12.6 Å². The van der Waals surface area contributed by atoms with E-state index in [1.165, 1.54) is 7.11 Å². The first-order valence-corrected chi connectivity index (χ1v) is 10.6. The quantitative estimate of drug-likeness (QED) is 0.636. The second-order valence-corrected chi connectivity index (χ2v) is 7.86. The molecule has 2 amide bonds. The Balaban J connectivity index is 1.53. The molecule has 32 heavy (non-hydrogen) atoms. The highest BCUT2D eigenvalue weighted by Gasteiger charge is 2.45. The summed E-state index contributed by atoms with van der Waals surface area (Å²) in [6.45, 7) is 0.622. The predicted molar refractivity (Wildman–Crippen MR) is 119 cm³/mol. The molecule has 1 fully saturated rings. The molecule has 3 heterocycles. The number of likely N-dealkylation sites (tertiary alicyclic amines) is 1. The van der Waals surface area contributed by atoms with Crippen LogP contribution in [0.15, 0.2) is 72.9 Å². The first-order chi connectivity index (χ1) is 15.7. The van der Waals surface area contributed by atoms with Crippen molar-refractivity contribution in [3.05, 3.63) is 84.2 Å². The SMILES string of the molecule is COc1ccccc1C(=O)N1C[C@@H]2C[C@H]1C(=O)N(Cc1ccccn1)c1ccccc1O2. The standard InChI is InChI=1S/C25H23N3O4/c1-31-22-11-4-2-9-19(22)24(29)28-16-18-14-21(28)25(30)27(15-17-8-6-7-13-26-17)20-10-3-5-12-23(20)32-18/h2-13,18,21H,14-16H2,1H3/t18-,21-/m0/s1. The predicted octanol–water partition coefficient (Wildman–Crippen LogP) is 3.30. The topological polar surface area (TPSA) is 72.0 Å². The van der Waals surface area contributed by atoms with E-state index in [4.69, 9.17) is 9.47 Å². The van der Waals surface area contributed by atoms with E-state index in [2.05, 4.69) is 4.98 Å². The third kappa shape index (κ3) is 3.56. The van der Waals surface area contributed by atoms with E-state index in [1.54, 1.807) is 34.2 Å². The number of carbonyl (C=O) groups excluding carboxylic acids is 2. The summed E-state index contributed by atoms with van der Waals surface area (Å²) in [5.41, 5.74) is 1.87. The molecule has 2 aliphatic rings. The zero-order chi connectivity index (χ0) is 22.1. The summed E-state index contributed by atoms with van der Waals surface area (Å²) in [5, 5.41) is 0. The van der Waals surface area contributed by atoms with Gasteiger partial charge in [0.2, 0.25) is 5.91 Å². The van der Waals surface area contributed by atoms with Crippen molar-refractivity contribution in [3.8, 4) is 11.5 Å². The maximum absolute atomic E-state index is 13.8. The number of pyridine rings is 1. The van der Waals surface area contributed by atoms with Gasteiger partial charge in [-0.05, 0) is 36.4 Å². The number of anilines is 1. The smallest absolute Gasteiger partial charge is 0.258 e. The van der Waals surface area contributed by atoms with E-state index in [-0.39, 0.29) is 24.5 Å². The average molecular weight is 429 g/mol. The van der Waals surface area contributed by atoms with Crippen molar-refractivity contribution in [2.24, 2.45) is 0 Å². The molecule has 2 aromatic carbocycles. The molecule has 2 aliphatic heterocycles. The molecule has 3 aromatic rings. The van der Waals surface area contributed by atoms with Crippen molar-refractivity contribution in [2.45, 2.75) is 25.1 Å². The van der Waals surface area contributed by atoms with Gasteiger partial charge >= 0.3 is 0 Å². The zero-order valence-corrected chi connectivity index (χ0v) is 17.7. The summed E-state index contributed by atoms with van der Waals surface area (Å²) in [4.78, 5) is 35.0. The fraction of sp³-hybridized carbons (Fsp3) is 0.240. The number of benzene rings is 2. The second kappa shape index (κ2) is 8.34. The number of carbonyl (C=O) groups is 2. The molecule has 5 rings (SSSR count). The largest absolute Gasteiger partial charge is 0.496 e. The van der Waals surface area contributed by atoms with Crippen LogP contribution >= 0.6 is 0 Å². The van der Waals surface area contributed by atoms with Crippen molar-refractivity contribution in [2.75, 3.05) is 18.6 Å². The highest BCUT2D eigenvalue weighted by Crippen LogP contribution is 2.37. The summed E-state index contributed by atoms with van der Waals surface area (Å²) in [5.74, 6) is 0.733. The molecule has 0 radical (unpaired) electrons. The fourth-order valence-corrected chi connectivity index (χ4v) is 4.39. The molecule has 1 saturated heterocycles. The first-order valence-electron chi connectivity index (χ1n) is 10.6. The van der Waals surface area contributed by atoms with Crippen LogP contribution < -0.4 is 14.4 Å². The maximum Gasteiger partial charge on any atom is 0.258 e. The molecule has 7 heteroatoms. The summed E-state index contributed by atoms with van der Waals surface area (Å²) < 4.78 is 11.7. The van der Waals surface area contributed by atoms with Crippen LogP contribution in [0.5, 0.6) is 11.5 Å². The third-order valence-electron chi connectivity index (χ3n) is 5.91. The monoisotopic (exact) mass is 429 g/mol. The Kier molecular flexibility index (Phi) is 5.23. The maximum atomic E-state index is 13.8. The van der Waals surface area contributed by atoms with Gasteiger partial charge in [-0.2, -0.15) is 0 Å². The number of aromatic nitrogens is 1. The van der Waals surface area contributed by atoms with E-state index in [1.807, 2.05) is 48.5 Å². The highest BCUT2D eigenvalue weighted by molar-refractivity contribution is 6.04. The van der Waals surface area contributed by atoms with Crippen LogP contribution in [0.1, 0.15) is 22.5 Å². The van der Waals surface area contributed by atoms with Gasteiger partial charge in [-0.1, -0.05) is 30.3 Å². The molecule has 0 saturated carbocycles. The Bertz CT molecular complexity index is 1150. The van der Waals surface area contributed by atoms with Crippen LogP contribution in [0.4, 0.5) is 5.69 Å². The van der Waals surface area contributed by atoms with Crippen LogP contribution in [-0.2, 0) is 11.3 Å². The van der Waals surface area contributed by atoms with Crippen LogP contribution in [0.25, 0.3) is 0 Å². The number of nitrogens with zero attached hydrogens (tertiary/aromatic N) is 3. The lowest BCUT2D eigenvalue weighted by molar-refractivity contribution is -0.122. The van der Waals surface area contributed by atoms with Gasteiger partial charge in [0.1, 0.15) is 23.6 Å². The van der Waals surface area contributed by atoms with E-state index >= 15 is 0 Å². The van der Waals surface area contributed by atoms with Gasteiger partial charge in [0.05, 0.1) is 37.1 Å². The van der Waals surface area contributed by atoms with E-state index in [0.717, 1.165) is 5.69 Å². The second-order valence-electron chi connectivity index (χ2n) is 7.86. The zero-order valence-electron chi connectivity index (χ0n) is 17.7. The number of amides is 2. The Hall–Kier alpha value is -3.87. The molecule has 2 bridgehead atoms. The number of fused-ring (bicyclic) bond motifs is 3. The Morgan fingerprint density at radius 3 is 2.69 bits per heavy atom. The lowest BCUT2D eigenvalue weighted by atomic mass is 10.1. The van der Waals surface area contributed by atoms with E-state index in [9.17, 15) is 9.59 Å². The minimum Gasteiger partial charge on any atom is -0.496 e. The number of ether oxygens (including phenoxy) is 2. The normalized spacial score (nSPS) is 19.6. The molecular formula is C25H23N3O4. The lowest BCUT2D eigenvalue weighted by Gasteiger charge is -2.31. The minimum absolute atomic E-state index is 0.142. The molecule has 2 atom stereocenters. The van der Waals surface area contributed by atoms with E-state index < -0.39 is 6.04 Å². The van der Waals surface area contributed by atoms with E-state index in [0.29, 0.717) is 35.7 Å². The van der Waals surface area contributed by atoms with Gasteiger partial charge in [0.15, 0.2) is 0 Å². The van der Waals surface area contributed by atoms with Crippen molar-refractivity contribution < 1.29 is 19.1 Å². The molecule has 162 valence electrons. The first kappa shape index (κ1) is 20.1. The molecule has 0 unspecified atom stereocenters. The Morgan fingerprint density at radius 1 is 1.09 bits per heavy atom. The van der Waals surface area contributed by atoms with Gasteiger partial charge in [-0.25, -0.2) is 0 Å².